The topological polar surface area (TPSA) is 58.6 Å². The van der Waals surface area contributed by atoms with Gasteiger partial charge in [0, 0.05) is 10.7 Å². The number of anilines is 2. The zero-order valence-electron chi connectivity index (χ0n) is 18.1. The first kappa shape index (κ1) is 21.7. The van der Waals surface area contributed by atoms with Crippen molar-refractivity contribution in [3.8, 4) is 5.75 Å². The van der Waals surface area contributed by atoms with Crippen LogP contribution < -0.4 is 15.0 Å². The van der Waals surface area contributed by atoms with E-state index in [2.05, 4.69) is 5.32 Å². The maximum Gasteiger partial charge on any atom is 0.282 e. The number of aryl methyl sites for hydroxylation is 2. The molecule has 1 aliphatic heterocycles. The molecule has 0 spiro atoms. The number of halogens is 1. The molecule has 32 heavy (non-hydrogen) atoms. The predicted molar refractivity (Wildman–Crippen MR) is 128 cm³/mol. The van der Waals surface area contributed by atoms with Crippen molar-refractivity contribution in [3.63, 3.8) is 0 Å². The molecule has 1 N–H and O–H groups in total. The molecule has 0 fully saturated rings. The number of nitrogens with one attached hydrogen (secondary N) is 1. The Kier molecular flexibility index (Phi) is 6.01. The highest BCUT2D eigenvalue weighted by atomic mass is 35.5. The Morgan fingerprint density at radius 3 is 2.38 bits per heavy atom. The van der Waals surface area contributed by atoms with Crippen molar-refractivity contribution in [3.05, 3.63) is 94.1 Å². The molecular weight excluding hydrogens is 424 g/mol. The van der Waals surface area contributed by atoms with Crippen LogP contribution in [-0.2, 0) is 9.59 Å². The SMILES string of the molecule is CCOc1ccccc1N1C(=O)C(Nc2cc(C)ccc2C)=C(c2ccc(Cl)cc2)C1=O. The Balaban J connectivity index is 1.86. The molecule has 1 heterocycles. The number of amides is 2. The Labute approximate surface area is 192 Å². The number of para-hydroxylation sites is 2. The first-order valence-corrected chi connectivity index (χ1v) is 10.7. The van der Waals surface area contributed by atoms with Gasteiger partial charge in [-0.15, -0.1) is 0 Å². The summed E-state index contributed by atoms with van der Waals surface area (Å²) in [5, 5.41) is 3.79. The third-order valence-corrected chi connectivity index (χ3v) is 5.53. The molecule has 0 aromatic heterocycles. The average Bonchev–Trinajstić information content (AvgIpc) is 3.01. The highest BCUT2D eigenvalue weighted by molar-refractivity contribution is 6.46. The van der Waals surface area contributed by atoms with Crippen molar-refractivity contribution in [1.82, 2.24) is 0 Å². The van der Waals surface area contributed by atoms with E-state index in [0.717, 1.165) is 16.8 Å². The lowest BCUT2D eigenvalue weighted by molar-refractivity contribution is -0.120. The van der Waals surface area contributed by atoms with Crippen molar-refractivity contribution >= 4 is 40.4 Å². The number of imide groups is 1. The predicted octanol–water partition coefficient (Wildman–Crippen LogP) is 5.75. The van der Waals surface area contributed by atoms with Crippen LogP contribution in [0.1, 0.15) is 23.6 Å². The van der Waals surface area contributed by atoms with E-state index in [1.54, 1.807) is 42.5 Å². The van der Waals surface area contributed by atoms with Crippen LogP contribution in [0.15, 0.2) is 72.4 Å². The minimum atomic E-state index is -0.437. The van der Waals surface area contributed by atoms with Crippen molar-refractivity contribution in [2.45, 2.75) is 20.8 Å². The summed E-state index contributed by atoms with van der Waals surface area (Å²) < 4.78 is 5.69. The first-order valence-electron chi connectivity index (χ1n) is 10.4. The maximum atomic E-state index is 13.6. The standard InChI is InChI=1S/C26H23ClN2O3/c1-4-32-22-8-6-5-7-21(22)29-25(30)23(18-11-13-19(27)14-12-18)24(26(29)31)28-20-15-16(2)9-10-17(20)3/h5-15,28H,4H2,1-3H3. The number of nitrogens with zero attached hydrogens (tertiary/aromatic N) is 1. The van der Waals surface area contributed by atoms with Crippen LogP contribution in [0.25, 0.3) is 5.57 Å². The third-order valence-electron chi connectivity index (χ3n) is 5.28. The second-order valence-corrected chi connectivity index (χ2v) is 7.98. The minimum Gasteiger partial charge on any atom is -0.492 e. The van der Waals surface area contributed by atoms with Gasteiger partial charge in [0.2, 0.25) is 0 Å². The average molecular weight is 447 g/mol. The molecule has 0 saturated carbocycles. The fraction of sp³-hybridized carbons (Fsp3) is 0.154. The van der Waals surface area contributed by atoms with Gasteiger partial charge in [-0.2, -0.15) is 0 Å². The molecule has 0 bridgehead atoms. The van der Waals surface area contributed by atoms with Crippen LogP contribution in [0, 0.1) is 13.8 Å². The van der Waals surface area contributed by atoms with E-state index < -0.39 is 11.8 Å². The Bertz CT molecular complexity index is 1230. The molecule has 4 rings (SSSR count). The summed E-state index contributed by atoms with van der Waals surface area (Å²) >= 11 is 6.06. The summed E-state index contributed by atoms with van der Waals surface area (Å²) in [5.74, 6) is -0.384. The lowest BCUT2D eigenvalue weighted by atomic mass is 10.0. The molecule has 0 aliphatic carbocycles. The minimum absolute atomic E-state index is 0.220. The molecule has 162 valence electrons. The lowest BCUT2D eigenvalue weighted by Gasteiger charge is -2.19. The summed E-state index contributed by atoms with van der Waals surface area (Å²) in [6.07, 6.45) is 0. The third kappa shape index (κ3) is 3.99. The fourth-order valence-corrected chi connectivity index (χ4v) is 3.80. The molecular formula is C26H23ClN2O3. The molecule has 0 saturated heterocycles. The van der Waals surface area contributed by atoms with Crippen LogP contribution in [-0.4, -0.2) is 18.4 Å². The second-order valence-electron chi connectivity index (χ2n) is 7.55. The highest BCUT2D eigenvalue weighted by Crippen LogP contribution is 2.38. The zero-order chi connectivity index (χ0) is 22.8. The van der Waals surface area contributed by atoms with E-state index in [9.17, 15) is 9.59 Å². The fourth-order valence-electron chi connectivity index (χ4n) is 3.67. The summed E-state index contributed by atoms with van der Waals surface area (Å²) in [4.78, 5) is 28.4. The molecule has 3 aromatic carbocycles. The van der Waals surface area contributed by atoms with E-state index in [0.29, 0.717) is 34.2 Å². The van der Waals surface area contributed by atoms with E-state index in [1.807, 2.05) is 45.0 Å². The summed E-state index contributed by atoms with van der Waals surface area (Å²) in [6, 6.07) is 19.9. The van der Waals surface area contributed by atoms with Crippen LogP contribution >= 0.6 is 11.6 Å². The van der Waals surface area contributed by atoms with Gasteiger partial charge in [0.25, 0.3) is 11.8 Å². The van der Waals surface area contributed by atoms with Crippen molar-refractivity contribution < 1.29 is 14.3 Å². The van der Waals surface area contributed by atoms with Crippen LogP contribution in [0.4, 0.5) is 11.4 Å². The Morgan fingerprint density at radius 2 is 1.66 bits per heavy atom. The van der Waals surface area contributed by atoms with Gasteiger partial charge in [0.05, 0.1) is 17.9 Å². The van der Waals surface area contributed by atoms with E-state index >= 15 is 0 Å². The smallest absolute Gasteiger partial charge is 0.282 e. The highest BCUT2D eigenvalue weighted by Gasteiger charge is 2.41. The second kappa shape index (κ2) is 8.89. The van der Waals surface area contributed by atoms with Gasteiger partial charge < -0.3 is 10.1 Å². The first-order chi connectivity index (χ1) is 15.4. The summed E-state index contributed by atoms with van der Waals surface area (Å²) in [7, 11) is 0. The van der Waals surface area contributed by atoms with E-state index in [4.69, 9.17) is 16.3 Å². The molecule has 5 nitrogen and oxygen atoms in total. The Hall–Kier alpha value is -3.57. The van der Waals surface area contributed by atoms with Gasteiger partial charge >= 0.3 is 0 Å². The van der Waals surface area contributed by atoms with Crippen molar-refractivity contribution in [1.29, 1.82) is 0 Å². The molecule has 1 aliphatic rings. The van der Waals surface area contributed by atoms with Gasteiger partial charge in [-0.1, -0.05) is 48.0 Å². The molecule has 0 atom stereocenters. The van der Waals surface area contributed by atoms with E-state index in [1.165, 1.54) is 4.90 Å². The van der Waals surface area contributed by atoms with E-state index in [-0.39, 0.29) is 5.70 Å². The van der Waals surface area contributed by atoms with Crippen LogP contribution in [0.2, 0.25) is 5.02 Å². The Morgan fingerprint density at radius 1 is 0.938 bits per heavy atom. The number of benzene rings is 3. The van der Waals surface area contributed by atoms with Crippen molar-refractivity contribution in [2.24, 2.45) is 0 Å². The summed E-state index contributed by atoms with van der Waals surface area (Å²) in [5.41, 5.74) is 4.31. The number of carbonyl (C=O) groups is 2. The lowest BCUT2D eigenvalue weighted by Crippen LogP contribution is -2.32. The number of carbonyl (C=O) groups excluding carboxylic acids is 2. The molecule has 6 heteroatoms. The number of ether oxygens (including phenoxy) is 1. The monoisotopic (exact) mass is 446 g/mol. The van der Waals surface area contributed by atoms with Gasteiger partial charge in [-0.25, -0.2) is 4.90 Å². The molecule has 3 aromatic rings. The van der Waals surface area contributed by atoms with Gasteiger partial charge in [-0.05, 0) is 67.8 Å². The van der Waals surface area contributed by atoms with Crippen LogP contribution in [0.5, 0.6) is 5.75 Å². The van der Waals surface area contributed by atoms with Crippen LogP contribution in [0.3, 0.4) is 0 Å². The zero-order valence-corrected chi connectivity index (χ0v) is 18.9. The largest absolute Gasteiger partial charge is 0.492 e. The molecule has 0 radical (unpaired) electrons. The quantitative estimate of drug-likeness (QED) is 0.489. The number of hydrogen-bond donors (Lipinski definition) is 1. The molecule has 0 unspecified atom stereocenters. The normalized spacial score (nSPS) is 13.7. The maximum absolute atomic E-state index is 13.6. The van der Waals surface area contributed by atoms with Gasteiger partial charge in [0.1, 0.15) is 11.4 Å². The van der Waals surface area contributed by atoms with Gasteiger partial charge in [0.15, 0.2) is 0 Å². The number of hydrogen-bond acceptors (Lipinski definition) is 4. The summed E-state index contributed by atoms with van der Waals surface area (Å²) in [6.45, 7) is 6.20. The van der Waals surface area contributed by atoms with Gasteiger partial charge in [-0.3, -0.25) is 9.59 Å². The number of rotatable bonds is 6. The molecule has 2 amide bonds. The van der Waals surface area contributed by atoms with Crippen molar-refractivity contribution in [2.75, 3.05) is 16.8 Å².